The summed E-state index contributed by atoms with van der Waals surface area (Å²) >= 11 is 1.49. The predicted molar refractivity (Wildman–Crippen MR) is 146 cm³/mol. The molecular formula is C27H33N3O4SSi. The molecular weight excluding hydrogens is 490 g/mol. The van der Waals surface area contributed by atoms with Gasteiger partial charge in [-0.05, 0) is 24.6 Å². The SMILES string of the molecule is Cc1nn(COCC[Si](C)(C)C)cc1-c1cc2c3c([nH]c(=O)c2s1)C(OCc1ccccc1)COC3. The molecule has 4 heterocycles. The monoisotopic (exact) mass is 523 g/mol. The largest absolute Gasteiger partial charge is 0.374 e. The first-order valence-electron chi connectivity index (χ1n) is 12.3. The molecule has 3 aromatic heterocycles. The molecule has 4 aromatic rings. The Bertz CT molecular complexity index is 1400. The van der Waals surface area contributed by atoms with E-state index in [-0.39, 0.29) is 11.7 Å². The maximum atomic E-state index is 13.1. The van der Waals surface area contributed by atoms with Crippen LogP contribution in [0.2, 0.25) is 25.7 Å². The van der Waals surface area contributed by atoms with Gasteiger partial charge in [0.05, 0.1) is 31.2 Å². The van der Waals surface area contributed by atoms with E-state index in [1.807, 2.05) is 48.1 Å². The third-order valence-corrected chi connectivity index (χ3v) is 9.27. The van der Waals surface area contributed by atoms with Crippen molar-refractivity contribution in [2.24, 2.45) is 0 Å². The van der Waals surface area contributed by atoms with Crippen LogP contribution in [-0.4, -0.2) is 36.1 Å². The van der Waals surface area contributed by atoms with Crippen molar-refractivity contribution in [3.8, 4) is 10.4 Å². The summed E-state index contributed by atoms with van der Waals surface area (Å²) in [6, 6.07) is 13.2. The smallest absolute Gasteiger partial charge is 0.266 e. The van der Waals surface area contributed by atoms with Crippen LogP contribution in [0.5, 0.6) is 0 Å². The van der Waals surface area contributed by atoms with Crippen molar-refractivity contribution in [2.75, 3.05) is 13.2 Å². The Kier molecular flexibility index (Phi) is 7.27. The van der Waals surface area contributed by atoms with E-state index in [0.29, 0.717) is 31.3 Å². The number of H-pyrrole nitrogens is 1. The summed E-state index contributed by atoms with van der Waals surface area (Å²) in [5.41, 5.74) is 4.75. The molecule has 1 aromatic carbocycles. The topological polar surface area (TPSA) is 78.4 Å². The molecule has 0 amide bonds. The van der Waals surface area contributed by atoms with Crippen LogP contribution in [0.4, 0.5) is 0 Å². The Morgan fingerprint density at radius 1 is 1.25 bits per heavy atom. The summed E-state index contributed by atoms with van der Waals surface area (Å²) in [5, 5.41) is 5.58. The molecule has 0 spiro atoms. The molecule has 0 saturated heterocycles. The zero-order chi connectivity index (χ0) is 25.3. The molecule has 0 bridgehead atoms. The van der Waals surface area contributed by atoms with Gasteiger partial charge >= 0.3 is 0 Å². The van der Waals surface area contributed by atoms with E-state index in [1.165, 1.54) is 11.3 Å². The Balaban J connectivity index is 1.38. The van der Waals surface area contributed by atoms with Gasteiger partial charge in [0.2, 0.25) is 0 Å². The molecule has 36 heavy (non-hydrogen) atoms. The number of hydrogen-bond donors (Lipinski definition) is 1. The number of aromatic nitrogens is 3. The summed E-state index contributed by atoms with van der Waals surface area (Å²) in [6.45, 7) is 11.5. The number of rotatable bonds is 9. The standard InChI is InChI=1S/C27H33N3O4SSi/c1-18-21(13-30(29-18)17-32-10-11-36(2,3)4)24-12-20-22-15-33-16-23(25(22)28-27(31)26(20)35-24)34-14-19-8-6-5-7-9-19/h5-9,12-13,23H,10-11,14-17H2,1-4H3,(H,28,31). The second-order valence-corrected chi connectivity index (χ2v) is 17.2. The number of nitrogens with one attached hydrogen (secondary N) is 1. The second-order valence-electron chi connectivity index (χ2n) is 10.5. The normalized spacial score (nSPS) is 15.9. The third kappa shape index (κ3) is 5.55. The number of hydrogen-bond acceptors (Lipinski definition) is 6. The van der Waals surface area contributed by atoms with E-state index >= 15 is 0 Å². The van der Waals surface area contributed by atoms with Crippen LogP contribution in [0, 0.1) is 6.92 Å². The van der Waals surface area contributed by atoms with E-state index < -0.39 is 8.07 Å². The minimum Gasteiger partial charge on any atom is -0.374 e. The maximum Gasteiger partial charge on any atom is 0.266 e. The highest BCUT2D eigenvalue weighted by molar-refractivity contribution is 7.22. The minimum absolute atomic E-state index is 0.0880. The minimum atomic E-state index is -1.12. The highest BCUT2D eigenvalue weighted by Gasteiger charge is 2.27. The number of aryl methyl sites for hydroxylation is 1. The lowest BCUT2D eigenvalue weighted by Gasteiger charge is -2.26. The highest BCUT2D eigenvalue weighted by atomic mass is 32.1. The van der Waals surface area contributed by atoms with Gasteiger partial charge in [-0.2, -0.15) is 5.10 Å². The summed E-state index contributed by atoms with van der Waals surface area (Å²) < 4.78 is 20.5. The average Bonchev–Trinajstić information content (AvgIpc) is 3.45. The lowest BCUT2D eigenvalue weighted by atomic mass is 10.0. The number of benzene rings is 1. The average molecular weight is 524 g/mol. The summed E-state index contributed by atoms with van der Waals surface area (Å²) in [7, 11) is -1.12. The van der Waals surface area contributed by atoms with Crippen molar-refractivity contribution in [2.45, 2.75) is 58.7 Å². The molecule has 1 N–H and O–H groups in total. The highest BCUT2D eigenvalue weighted by Crippen LogP contribution is 2.38. The molecule has 0 radical (unpaired) electrons. The first-order chi connectivity index (χ1) is 17.3. The third-order valence-electron chi connectivity index (χ3n) is 6.40. The van der Waals surface area contributed by atoms with Crippen LogP contribution in [0.1, 0.15) is 28.6 Å². The lowest BCUT2D eigenvalue weighted by Crippen LogP contribution is -2.24. The lowest BCUT2D eigenvalue weighted by molar-refractivity contribution is -0.0472. The molecule has 1 aliphatic heterocycles. The predicted octanol–water partition coefficient (Wildman–Crippen LogP) is 5.86. The van der Waals surface area contributed by atoms with Gasteiger partial charge in [-0.1, -0.05) is 50.0 Å². The molecule has 1 atom stereocenters. The number of thiophene rings is 1. The first kappa shape index (κ1) is 25.1. The van der Waals surface area contributed by atoms with Gasteiger partial charge in [-0.3, -0.25) is 4.79 Å². The van der Waals surface area contributed by atoms with Gasteiger partial charge in [0, 0.05) is 42.3 Å². The van der Waals surface area contributed by atoms with Gasteiger partial charge in [-0.15, -0.1) is 11.3 Å². The molecule has 0 saturated carbocycles. The Hall–Kier alpha value is -2.56. The molecule has 9 heteroatoms. The van der Waals surface area contributed by atoms with Crippen molar-refractivity contribution in [1.29, 1.82) is 0 Å². The summed E-state index contributed by atoms with van der Waals surface area (Å²) in [6.07, 6.45) is 1.70. The zero-order valence-corrected chi connectivity index (χ0v) is 23.1. The fourth-order valence-electron chi connectivity index (χ4n) is 4.36. The van der Waals surface area contributed by atoms with Crippen LogP contribution < -0.4 is 5.56 Å². The number of ether oxygens (including phenoxy) is 3. The van der Waals surface area contributed by atoms with Gasteiger partial charge in [0.15, 0.2) is 0 Å². The van der Waals surface area contributed by atoms with Crippen molar-refractivity contribution in [3.63, 3.8) is 0 Å². The number of nitrogens with zero attached hydrogens (tertiary/aromatic N) is 2. The fourth-order valence-corrected chi connectivity index (χ4v) is 6.26. The number of aromatic amines is 1. The van der Waals surface area contributed by atoms with E-state index in [9.17, 15) is 4.79 Å². The molecule has 1 unspecified atom stereocenters. The summed E-state index contributed by atoms with van der Waals surface area (Å²) in [4.78, 5) is 17.2. The van der Waals surface area contributed by atoms with E-state index in [1.54, 1.807) is 0 Å². The van der Waals surface area contributed by atoms with Crippen LogP contribution in [0.3, 0.4) is 0 Å². The van der Waals surface area contributed by atoms with Gasteiger partial charge < -0.3 is 19.2 Å². The first-order valence-corrected chi connectivity index (χ1v) is 16.8. The van der Waals surface area contributed by atoms with E-state index in [0.717, 1.165) is 51.0 Å². The van der Waals surface area contributed by atoms with Crippen molar-refractivity contribution in [3.05, 3.63) is 75.5 Å². The van der Waals surface area contributed by atoms with Gasteiger partial charge in [0.1, 0.15) is 17.5 Å². The van der Waals surface area contributed by atoms with E-state index in [2.05, 4.69) is 35.8 Å². The van der Waals surface area contributed by atoms with E-state index in [4.69, 9.17) is 14.2 Å². The molecule has 0 aliphatic carbocycles. The Morgan fingerprint density at radius 3 is 2.83 bits per heavy atom. The van der Waals surface area contributed by atoms with Crippen LogP contribution in [0.25, 0.3) is 20.5 Å². The maximum absolute atomic E-state index is 13.1. The van der Waals surface area contributed by atoms with Gasteiger partial charge in [-0.25, -0.2) is 4.68 Å². The van der Waals surface area contributed by atoms with Crippen molar-refractivity contribution >= 4 is 29.5 Å². The number of pyridine rings is 1. The van der Waals surface area contributed by atoms with Crippen LogP contribution >= 0.6 is 11.3 Å². The molecule has 190 valence electrons. The van der Waals surface area contributed by atoms with Crippen LogP contribution in [-0.2, 0) is 34.2 Å². The molecule has 7 nitrogen and oxygen atoms in total. The second kappa shape index (κ2) is 10.4. The molecule has 0 fully saturated rings. The molecule has 5 rings (SSSR count). The molecule has 1 aliphatic rings. The van der Waals surface area contributed by atoms with Crippen molar-refractivity contribution in [1.82, 2.24) is 14.8 Å². The Morgan fingerprint density at radius 2 is 2.06 bits per heavy atom. The van der Waals surface area contributed by atoms with Crippen LogP contribution in [0.15, 0.2) is 47.4 Å². The quantitative estimate of drug-likeness (QED) is 0.220. The van der Waals surface area contributed by atoms with Crippen molar-refractivity contribution < 1.29 is 14.2 Å². The summed E-state index contributed by atoms with van der Waals surface area (Å²) in [5.74, 6) is 0. The number of fused-ring (bicyclic) bond motifs is 3. The van der Waals surface area contributed by atoms with Gasteiger partial charge in [0.25, 0.3) is 5.56 Å². The fraction of sp³-hybridized carbons (Fsp3) is 0.407. The zero-order valence-electron chi connectivity index (χ0n) is 21.3. The Labute approximate surface area is 216 Å².